The van der Waals surface area contributed by atoms with E-state index in [1.165, 1.54) is 32.1 Å². The first-order valence-corrected chi connectivity index (χ1v) is 11.5. The van der Waals surface area contributed by atoms with Crippen LogP contribution >= 0.6 is 0 Å². The summed E-state index contributed by atoms with van der Waals surface area (Å²) in [6.45, 7) is 7.56. The summed E-state index contributed by atoms with van der Waals surface area (Å²) in [5.74, 6) is -0.914. The van der Waals surface area contributed by atoms with Gasteiger partial charge in [-0.15, -0.1) is 0 Å². The van der Waals surface area contributed by atoms with E-state index in [0.29, 0.717) is 12.1 Å². The van der Waals surface area contributed by atoms with E-state index in [2.05, 4.69) is 19.6 Å². The Morgan fingerprint density at radius 2 is 1.81 bits per heavy atom. The van der Waals surface area contributed by atoms with Crippen molar-refractivity contribution in [2.45, 2.75) is 63.7 Å². The van der Waals surface area contributed by atoms with Crippen LogP contribution in [0.25, 0.3) is 0 Å². The first-order valence-electron chi connectivity index (χ1n) is 7.88. The van der Waals surface area contributed by atoms with Gasteiger partial charge in [0, 0.05) is 20.2 Å². The molecule has 0 amide bonds. The van der Waals surface area contributed by atoms with Crippen LogP contribution in [0.2, 0.25) is 25.2 Å². The largest absolute Gasteiger partial charge is 0.478 e. The van der Waals surface area contributed by atoms with Crippen molar-refractivity contribution < 1.29 is 19.4 Å². The number of rotatable bonds is 7. The van der Waals surface area contributed by atoms with Gasteiger partial charge in [0.2, 0.25) is 0 Å². The molecule has 0 heterocycles. The lowest BCUT2D eigenvalue weighted by atomic mass is 9.85. The monoisotopic (exact) mass is 312 g/mol. The smallest absolute Gasteiger partial charge is 0.331 e. The SMILES string of the molecule is C[Si](C)(C)C(CCOC(=O)/C=C/C(=O)O)C1CCCCC1. The molecule has 1 atom stereocenters. The first kappa shape index (κ1) is 17.9. The average molecular weight is 312 g/mol. The lowest BCUT2D eigenvalue weighted by molar-refractivity contribution is -0.138. The van der Waals surface area contributed by atoms with Crippen molar-refractivity contribution in [3.63, 3.8) is 0 Å². The topological polar surface area (TPSA) is 63.6 Å². The Balaban J connectivity index is 2.47. The summed E-state index contributed by atoms with van der Waals surface area (Å²) >= 11 is 0. The van der Waals surface area contributed by atoms with Gasteiger partial charge in [-0.25, -0.2) is 9.59 Å². The van der Waals surface area contributed by atoms with Crippen molar-refractivity contribution in [1.29, 1.82) is 0 Å². The molecule has 5 heteroatoms. The number of ether oxygens (including phenoxy) is 1. The van der Waals surface area contributed by atoms with Crippen molar-refractivity contribution in [3.8, 4) is 0 Å². The molecule has 1 rings (SSSR count). The summed E-state index contributed by atoms with van der Waals surface area (Å²) in [5, 5.41) is 8.46. The minimum Gasteiger partial charge on any atom is -0.478 e. The molecule has 1 aliphatic rings. The molecule has 0 aliphatic heterocycles. The summed E-state index contributed by atoms with van der Waals surface area (Å²) in [5.41, 5.74) is 0.675. The summed E-state index contributed by atoms with van der Waals surface area (Å²) < 4.78 is 5.14. The fourth-order valence-corrected chi connectivity index (χ4v) is 6.12. The van der Waals surface area contributed by atoms with Gasteiger partial charge in [-0.1, -0.05) is 51.7 Å². The maximum Gasteiger partial charge on any atom is 0.331 e. The van der Waals surface area contributed by atoms with E-state index >= 15 is 0 Å². The van der Waals surface area contributed by atoms with Gasteiger partial charge in [0.25, 0.3) is 0 Å². The molecule has 0 radical (unpaired) electrons. The van der Waals surface area contributed by atoms with Crippen LogP contribution in [0.5, 0.6) is 0 Å². The van der Waals surface area contributed by atoms with Crippen LogP contribution < -0.4 is 0 Å². The van der Waals surface area contributed by atoms with Crippen molar-refractivity contribution in [2.24, 2.45) is 5.92 Å². The van der Waals surface area contributed by atoms with Gasteiger partial charge in [0.05, 0.1) is 6.61 Å². The zero-order valence-electron chi connectivity index (χ0n) is 13.4. The minimum absolute atomic E-state index is 0.397. The highest BCUT2D eigenvalue weighted by atomic mass is 28.3. The van der Waals surface area contributed by atoms with Crippen LogP contribution in [0.1, 0.15) is 38.5 Å². The molecule has 0 bridgehead atoms. The molecule has 1 unspecified atom stereocenters. The third-order valence-corrected chi connectivity index (χ3v) is 7.35. The summed E-state index contributed by atoms with van der Waals surface area (Å²) in [6, 6.07) is 0. The second kappa shape index (κ2) is 8.37. The summed E-state index contributed by atoms with van der Waals surface area (Å²) in [4.78, 5) is 21.7. The highest BCUT2D eigenvalue weighted by molar-refractivity contribution is 6.77. The van der Waals surface area contributed by atoms with Gasteiger partial charge in [-0.2, -0.15) is 0 Å². The lowest BCUT2D eigenvalue weighted by Crippen LogP contribution is -2.35. The van der Waals surface area contributed by atoms with Gasteiger partial charge in [-0.3, -0.25) is 0 Å². The second-order valence-corrected chi connectivity index (χ2v) is 12.5. The van der Waals surface area contributed by atoms with Crippen molar-refractivity contribution >= 4 is 20.0 Å². The van der Waals surface area contributed by atoms with Crippen LogP contribution in [-0.2, 0) is 14.3 Å². The molecule has 0 spiro atoms. The predicted octanol–water partition coefficient (Wildman–Crippen LogP) is 3.85. The molecular weight excluding hydrogens is 284 g/mol. The standard InChI is InChI=1S/C16H28O4Si/c1-21(2,3)14(13-7-5-4-6-8-13)11-12-20-16(19)10-9-15(17)18/h9-10,13-14H,4-8,11-12H2,1-3H3,(H,17,18)/b10-9+. The minimum atomic E-state index is -1.29. The quantitative estimate of drug-likeness (QED) is 0.440. The molecule has 21 heavy (non-hydrogen) atoms. The number of carbonyl (C=O) groups excluding carboxylic acids is 1. The average Bonchev–Trinajstić information content (AvgIpc) is 2.41. The van der Waals surface area contributed by atoms with E-state index in [1.807, 2.05) is 0 Å². The van der Waals surface area contributed by atoms with Gasteiger partial charge in [0.15, 0.2) is 0 Å². The number of esters is 1. The predicted molar refractivity (Wildman–Crippen MR) is 86.0 cm³/mol. The first-order chi connectivity index (χ1) is 9.80. The fraction of sp³-hybridized carbons (Fsp3) is 0.750. The number of hydrogen-bond acceptors (Lipinski definition) is 3. The molecule has 0 aromatic heterocycles. The molecule has 120 valence electrons. The number of aliphatic carboxylic acids is 1. The maximum absolute atomic E-state index is 11.4. The second-order valence-electron chi connectivity index (χ2n) is 7.00. The Bertz CT molecular complexity index is 378. The number of carboxylic acids is 1. The Hall–Kier alpha value is -1.10. The fourth-order valence-electron chi connectivity index (χ4n) is 3.39. The molecule has 1 N–H and O–H groups in total. The van der Waals surface area contributed by atoms with E-state index in [0.717, 1.165) is 24.5 Å². The molecule has 1 fully saturated rings. The van der Waals surface area contributed by atoms with Crippen molar-refractivity contribution in [1.82, 2.24) is 0 Å². The Labute approximate surface area is 128 Å². The molecule has 0 aromatic carbocycles. The van der Waals surface area contributed by atoms with Crippen LogP contribution in [0.15, 0.2) is 12.2 Å². The van der Waals surface area contributed by atoms with E-state index in [-0.39, 0.29) is 0 Å². The Morgan fingerprint density at radius 3 is 2.33 bits per heavy atom. The number of hydrogen-bond donors (Lipinski definition) is 1. The van der Waals surface area contributed by atoms with Gasteiger partial charge < -0.3 is 9.84 Å². The van der Waals surface area contributed by atoms with Crippen molar-refractivity contribution in [2.75, 3.05) is 6.61 Å². The van der Waals surface area contributed by atoms with E-state index in [9.17, 15) is 9.59 Å². The Morgan fingerprint density at radius 1 is 1.19 bits per heavy atom. The molecule has 0 saturated heterocycles. The zero-order valence-corrected chi connectivity index (χ0v) is 14.4. The van der Waals surface area contributed by atoms with Crippen molar-refractivity contribution in [3.05, 3.63) is 12.2 Å². The molecule has 0 aromatic rings. The van der Waals surface area contributed by atoms with E-state index < -0.39 is 20.0 Å². The van der Waals surface area contributed by atoms with Gasteiger partial charge in [0.1, 0.15) is 0 Å². The third kappa shape index (κ3) is 6.93. The molecule has 4 nitrogen and oxygen atoms in total. The van der Waals surface area contributed by atoms with Gasteiger partial charge in [-0.05, 0) is 17.9 Å². The van der Waals surface area contributed by atoms with Crippen LogP contribution in [0, 0.1) is 5.92 Å². The molecule has 1 aliphatic carbocycles. The summed E-state index contributed by atoms with van der Waals surface area (Å²) in [6.07, 6.45) is 9.33. The van der Waals surface area contributed by atoms with Crippen LogP contribution in [-0.4, -0.2) is 31.7 Å². The number of carboxylic acid groups (broad SMARTS) is 1. The highest BCUT2D eigenvalue weighted by Crippen LogP contribution is 2.41. The maximum atomic E-state index is 11.4. The van der Waals surface area contributed by atoms with Crippen LogP contribution in [0.3, 0.4) is 0 Å². The highest BCUT2D eigenvalue weighted by Gasteiger charge is 2.34. The van der Waals surface area contributed by atoms with E-state index in [4.69, 9.17) is 9.84 Å². The number of carbonyl (C=O) groups is 2. The van der Waals surface area contributed by atoms with Crippen LogP contribution in [0.4, 0.5) is 0 Å². The molecule has 1 saturated carbocycles. The lowest BCUT2D eigenvalue weighted by Gasteiger charge is -2.38. The van der Waals surface area contributed by atoms with E-state index in [1.54, 1.807) is 0 Å². The normalized spacial score (nSPS) is 18.6. The van der Waals surface area contributed by atoms with Gasteiger partial charge >= 0.3 is 11.9 Å². The Kier molecular flexibility index (Phi) is 7.15. The summed E-state index contributed by atoms with van der Waals surface area (Å²) in [7, 11) is -1.29. The third-order valence-electron chi connectivity index (χ3n) is 4.37. The molecular formula is C16H28O4Si. The zero-order chi connectivity index (χ0) is 15.9.